The molecule has 0 atom stereocenters. The zero-order valence-electron chi connectivity index (χ0n) is 7.99. The van der Waals surface area contributed by atoms with Crippen LogP contribution in [0.3, 0.4) is 0 Å². The predicted octanol–water partition coefficient (Wildman–Crippen LogP) is 0.824. The maximum Gasteiger partial charge on any atom is 0.288 e. The number of carbonyl (C=O) groups is 2. The molecule has 0 aromatic heterocycles. The number of carbonyl (C=O) groups excluding carboxylic acids is 2. The van der Waals surface area contributed by atoms with E-state index in [2.05, 4.69) is 5.32 Å². The highest BCUT2D eigenvalue weighted by atomic mass is 32.2. The second-order valence-corrected chi connectivity index (χ2v) is 4.61. The molecular formula is C9H14N2O2S. The summed E-state index contributed by atoms with van der Waals surface area (Å²) >= 11 is 1.11. The van der Waals surface area contributed by atoms with E-state index in [-0.39, 0.29) is 11.1 Å². The maximum atomic E-state index is 11.2. The Kier molecular flexibility index (Phi) is 3.08. The van der Waals surface area contributed by atoms with Gasteiger partial charge < -0.3 is 5.32 Å². The summed E-state index contributed by atoms with van der Waals surface area (Å²) in [6.07, 6.45) is 3.42. The molecule has 0 radical (unpaired) electrons. The van der Waals surface area contributed by atoms with Crippen molar-refractivity contribution in [2.45, 2.75) is 25.3 Å². The second-order valence-electron chi connectivity index (χ2n) is 3.68. The van der Waals surface area contributed by atoms with Gasteiger partial charge in [0, 0.05) is 12.6 Å². The van der Waals surface area contributed by atoms with Gasteiger partial charge in [-0.15, -0.1) is 0 Å². The Hall–Kier alpha value is -0.550. The summed E-state index contributed by atoms with van der Waals surface area (Å²) in [6, 6.07) is 0.703. The van der Waals surface area contributed by atoms with Gasteiger partial charge in [0.1, 0.15) is 0 Å². The van der Waals surface area contributed by atoms with Crippen LogP contribution in [0.1, 0.15) is 19.3 Å². The van der Waals surface area contributed by atoms with Gasteiger partial charge in [-0.05, 0) is 25.8 Å². The molecule has 2 aliphatic rings. The van der Waals surface area contributed by atoms with Crippen LogP contribution < -0.4 is 5.32 Å². The lowest BCUT2D eigenvalue weighted by molar-refractivity contribution is -0.124. The van der Waals surface area contributed by atoms with Crippen LogP contribution in [-0.4, -0.2) is 40.9 Å². The minimum absolute atomic E-state index is 0.0357. The molecule has 1 aliphatic heterocycles. The highest BCUT2D eigenvalue weighted by molar-refractivity contribution is 8.14. The van der Waals surface area contributed by atoms with Crippen LogP contribution in [0.25, 0.3) is 0 Å². The van der Waals surface area contributed by atoms with E-state index in [4.69, 9.17) is 0 Å². The van der Waals surface area contributed by atoms with Crippen LogP contribution in [-0.2, 0) is 4.79 Å². The smallest absolute Gasteiger partial charge is 0.288 e. The third-order valence-corrected chi connectivity index (χ3v) is 3.27. The fourth-order valence-electron chi connectivity index (χ4n) is 1.43. The number of hydrogen-bond donors (Lipinski definition) is 1. The predicted molar refractivity (Wildman–Crippen MR) is 55.2 cm³/mol. The molecule has 2 fully saturated rings. The number of imide groups is 1. The summed E-state index contributed by atoms with van der Waals surface area (Å²) in [5.74, 6) is 0.293. The van der Waals surface area contributed by atoms with Crippen molar-refractivity contribution in [1.29, 1.82) is 0 Å². The van der Waals surface area contributed by atoms with E-state index in [0.29, 0.717) is 18.3 Å². The summed E-state index contributed by atoms with van der Waals surface area (Å²) in [4.78, 5) is 23.7. The molecule has 1 saturated heterocycles. The first kappa shape index (κ1) is 9.98. The van der Waals surface area contributed by atoms with Crippen molar-refractivity contribution in [1.82, 2.24) is 10.2 Å². The number of nitrogens with zero attached hydrogens (tertiary/aromatic N) is 1. The van der Waals surface area contributed by atoms with Crippen LogP contribution in [0, 0.1) is 0 Å². The van der Waals surface area contributed by atoms with Gasteiger partial charge in [-0.3, -0.25) is 14.5 Å². The van der Waals surface area contributed by atoms with Crippen LogP contribution in [0.5, 0.6) is 0 Å². The first-order valence-corrected chi connectivity index (χ1v) is 5.96. The summed E-state index contributed by atoms with van der Waals surface area (Å²) in [5, 5.41) is 3.27. The molecule has 78 valence electrons. The minimum atomic E-state index is -0.0820. The van der Waals surface area contributed by atoms with E-state index in [1.165, 1.54) is 17.7 Å². The molecule has 2 amide bonds. The molecule has 0 spiro atoms. The fraction of sp³-hybridized carbons (Fsp3) is 0.778. The standard InChI is InChI=1S/C9H14N2O2S/c12-8-6-14-9(13)11(8)5-1-4-10-7-2-3-7/h7,10H,1-6H2. The molecule has 5 heteroatoms. The summed E-state index contributed by atoms with van der Waals surface area (Å²) in [5.41, 5.74) is 0. The zero-order valence-corrected chi connectivity index (χ0v) is 8.81. The SMILES string of the molecule is O=C1CSC(=O)N1CCCNC1CC1. The minimum Gasteiger partial charge on any atom is -0.314 e. The molecule has 0 aromatic rings. The van der Waals surface area contributed by atoms with Crippen molar-refractivity contribution in [2.24, 2.45) is 0 Å². The van der Waals surface area contributed by atoms with Gasteiger partial charge in [0.25, 0.3) is 5.24 Å². The maximum absolute atomic E-state index is 11.2. The van der Waals surface area contributed by atoms with Crippen molar-refractivity contribution >= 4 is 22.9 Å². The quantitative estimate of drug-likeness (QED) is 0.688. The first-order chi connectivity index (χ1) is 6.77. The Labute approximate surface area is 87.4 Å². The molecule has 1 aliphatic carbocycles. The summed E-state index contributed by atoms with van der Waals surface area (Å²) in [6.45, 7) is 1.48. The van der Waals surface area contributed by atoms with E-state index < -0.39 is 0 Å². The molecule has 1 heterocycles. The van der Waals surface area contributed by atoms with Crippen LogP contribution in [0.2, 0.25) is 0 Å². The van der Waals surface area contributed by atoms with Crippen LogP contribution in [0.4, 0.5) is 4.79 Å². The topological polar surface area (TPSA) is 49.4 Å². The second kappa shape index (κ2) is 4.31. The van der Waals surface area contributed by atoms with Gasteiger partial charge in [0.15, 0.2) is 0 Å². The summed E-state index contributed by atoms with van der Waals surface area (Å²) < 4.78 is 0. The molecule has 0 aromatic carbocycles. The number of amides is 2. The number of nitrogens with one attached hydrogen (secondary N) is 1. The van der Waals surface area contributed by atoms with Gasteiger partial charge in [-0.25, -0.2) is 0 Å². The molecule has 14 heavy (non-hydrogen) atoms. The van der Waals surface area contributed by atoms with Gasteiger partial charge in [-0.1, -0.05) is 11.8 Å². The number of hydrogen-bond acceptors (Lipinski definition) is 4. The monoisotopic (exact) mass is 214 g/mol. The summed E-state index contributed by atoms with van der Waals surface area (Å²) in [7, 11) is 0. The van der Waals surface area contributed by atoms with Gasteiger partial charge in [-0.2, -0.15) is 0 Å². The van der Waals surface area contributed by atoms with Crippen LogP contribution >= 0.6 is 11.8 Å². The molecule has 4 nitrogen and oxygen atoms in total. The largest absolute Gasteiger partial charge is 0.314 e. The highest BCUT2D eigenvalue weighted by Gasteiger charge is 2.29. The third kappa shape index (κ3) is 2.48. The highest BCUT2D eigenvalue weighted by Crippen LogP contribution is 2.20. The van der Waals surface area contributed by atoms with Crippen molar-refractivity contribution in [3.05, 3.63) is 0 Å². The Bertz CT molecular complexity index is 237. The van der Waals surface area contributed by atoms with Crippen molar-refractivity contribution in [2.75, 3.05) is 18.8 Å². The molecule has 0 bridgehead atoms. The Morgan fingerprint density at radius 2 is 2.21 bits per heavy atom. The van der Waals surface area contributed by atoms with E-state index in [1.54, 1.807) is 0 Å². The number of rotatable bonds is 5. The third-order valence-electron chi connectivity index (χ3n) is 2.41. The lowest BCUT2D eigenvalue weighted by atomic mass is 10.4. The van der Waals surface area contributed by atoms with Gasteiger partial charge in [0.05, 0.1) is 5.75 Å². The van der Waals surface area contributed by atoms with Gasteiger partial charge in [0.2, 0.25) is 5.91 Å². The average Bonchev–Trinajstić information content (AvgIpc) is 2.93. The Balaban J connectivity index is 1.63. The Morgan fingerprint density at radius 3 is 2.79 bits per heavy atom. The van der Waals surface area contributed by atoms with E-state index in [0.717, 1.165) is 24.7 Å². The molecule has 0 unspecified atom stereocenters. The molecule has 1 N–H and O–H groups in total. The lowest BCUT2D eigenvalue weighted by Crippen LogP contribution is -2.31. The Morgan fingerprint density at radius 1 is 1.43 bits per heavy atom. The first-order valence-electron chi connectivity index (χ1n) is 4.98. The van der Waals surface area contributed by atoms with E-state index in [1.807, 2.05) is 0 Å². The van der Waals surface area contributed by atoms with E-state index >= 15 is 0 Å². The van der Waals surface area contributed by atoms with Crippen molar-refractivity contribution in [3.8, 4) is 0 Å². The molecule has 1 saturated carbocycles. The average molecular weight is 214 g/mol. The van der Waals surface area contributed by atoms with Crippen LogP contribution in [0.15, 0.2) is 0 Å². The lowest BCUT2D eigenvalue weighted by Gasteiger charge is -2.12. The molecule has 2 rings (SSSR count). The normalized spacial score (nSPS) is 22.1. The zero-order chi connectivity index (χ0) is 9.97. The van der Waals surface area contributed by atoms with Crippen molar-refractivity contribution < 1.29 is 9.59 Å². The van der Waals surface area contributed by atoms with Gasteiger partial charge >= 0.3 is 0 Å². The fourth-order valence-corrected chi connectivity index (χ4v) is 2.18. The number of thioether (sulfide) groups is 1. The van der Waals surface area contributed by atoms with Crippen molar-refractivity contribution in [3.63, 3.8) is 0 Å². The van der Waals surface area contributed by atoms with E-state index in [9.17, 15) is 9.59 Å². The molecular weight excluding hydrogens is 200 g/mol.